The van der Waals surface area contributed by atoms with Crippen molar-refractivity contribution in [2.24, 2.45) is 0 Å². The number of hydrogen-bond donors (Lipinski definition) is 0. The maximum Gasteiger partial charge on any atom is 0.0547 e. The van der Waals surface area contributed by atoms with Gasteiger partial charge < -0.3 is 4.57 Å². The van der Waals surface area contributed by atoms with Gasteiger partial charge in [-0.1, -0.05) is 73.7 Å². The van der Waals surface area contributed by atoms with Gasteiger partial charge in [-0.05, 0) is 46.5 Å². The molecule has 0 amide bonds. The molecule has 1 aliphatic rings. The van der Waals surface area contributed by atoms with E-state index in [9.17, 15) is 0 Å². The van der Waals surface area contributed by atoms with Crippen LogP contribution in [0.5, 0.6) is 0 Å². The molecule has 128 valence electrons. The predicted octanol–water partition coefficient (Wildman–Crippen LogP) is 6.92. The summed E-state index contributed by atoms with van der Waals surface area (Å²) in [6.45, 7) is 2.33. The quantitative estimate of drug-likeness (QED) is 0.311. The van der Waals surface area contributed by atoms with E-state index in [0.717, 1.165) is 0 Å². The van der Waals surface area contributed by atoms with Crippen molar-refractivity contribution in [3.63, 3.8) is 0 Å². The van der Waals surface area contributed by atoms with Crippen LogP contribution in [0.2, 0.25) is 0 Å². The van der Waals surface area contributed by atoms with E-state index in [4.69, 9.17) is 0 Å². The molecular formula is C26H19N. The lowest BCUT2D eigenvalue weighted by Crippen LogP contribution is -1.99. The summed E-state index contributed by atoms with van der Waals surface area (Å²) in [7, 11) is 0. The van der Waals surface area contributed by atoms with Crippen LogP contribution in [0.25, 0.3) is 38.6 Å². The van der Waals surface area contributed by atoms with Crippen molar-refractivity contribution in [2.45, 2.75) is 12.8 Å². The summed E-state index contributed by atoms with van der Waals surface area (Å²) < 4.78 is 2.42. The van der Waals surface area contributed by atoms with E-state index >= 15 is 0 Å². The molecule has 1 aliphatic carbocycles. The van der Waals surface area contributed by atoms with Crippen LogP contribution in [0.15, 0.2) is 91.0 Å². The van der Waals surface area contributed by atoms with Gasteiger partial charge in [0.2, 0.25) is 0 Å². The lowest BCUT2D eigenvalue weighted by atomic mass is 9.84. The van der Waals surface area contributed by atoms with Gasteiger partial charge in [-0.2, -0.15) is 0 Å². The van der Waals surface area contributed by atoms with Crippen LogP contribution in [0.4, 0.5) is 0 Å². The molecule has 1 atom stereocenters. The summed E-state index contributed by atoms with van der Waals surface area (Å²) in [5.74, 6) is 0.372. The first-order chi connectivity index (χ1) is 13.3. The molecule has 0 saturated heterocycles. The van der Waals surface area contributed by atoms with Gasteiger partial charge in [0.1, 0.15) is 0 Å². The largest absolute Gasteiger partial charge is 0.309 e. The topological polar surface area (TPSA) is 4.93 Å². The molecule has 0 saturated carbocycles. The van der Waals surface area contributed by atoms with Gasteiger partial charge in [-0.25, -0.2) is 0 Å². The molecule has 1 nitrogen and oxygen atoms in total. The summed E-state index contributed by atoms with van der Waals surface area (Å²) in [6, 6.07) is 33.2. The van der Waals surface area contributed by atoms with E-state index in [0.29, 0.717) is 5.92 Å². The fourth-order valence-corrected chi connectivity index (χ4v) is 4.75. The number of aromatic nitrogens is 1. The Bertz CT molecular complexity index is 1320. The van der Waals surface area contributed by atoms with Crippen molar-refractivity contribution < 1.29 is 0 Å². The summed E-state index contributed by atoms with van der Waals surface area (Å²) in [4.78, 5) is 0. The van der Waals surface area contributed by atoms with Crippen LogP contribution in [-0.2, 0) is 0 Å². The van der Waals surface area contributed by atoms with E-state index < -0.39 is 0 Å². The molecule has 0 fully saturated rings. The molecule has 5 aromatic rings. The molecule has 1 aromatic heterocycles. The zero-order valence-corrected chi connectivity index (χ0v) is 15.2. The smallest absolute Gasteiger partial charge is 0.0547 e. The molecule has 0 radical (unpaired) electrons. The molecule has 0 N–H and O–H groups in total. The first-order valence-electron chi connectivity index (χ1n) is 9.55. The highest BCUT2D eigenvalue weighted by atomic mass is 15.0. The Morgan fingerprint density at radius 3 is 2.26 bits per heavy atom. The monoisotopic (exact) mass is 345 g/mol. The Morgan fingerprint density at radius 1 is 0.667 bits per heavy atom. The second-order valence-corrected chi connectivity index (χ2v) is 7.46. The van der Waals surface area contributed by atoms with Crippen LogP contribution < -0.4 is 0 Å². The maximum absolute atomic E-state index is 2.42. The number of para-hydroxylation sites is 1. The van der Waals surface area contributed by atoms with Crippen LogP contribution in [0.3, 0.4) is 0 Å². The van der Waals surface area contributed by atoms with Gasteiger partial charge in [0.25, 0.3) is 0 Å². The fraction of sp³-hybridized carbons (Fsp3) is 0.0769. The standard InChI is InChI=1S/C26H19N/c1-17-18-8-5-9-19(16-18)22-13-7-15-24-26(22)25-21(17)12-6-14-23(25)27(24)20-10-3-2-4-11-20/h2-17H,1H3. The minimum Gasteiger partial charge on any atom is -0.309 e. The van der Waals surface area contributed by atoms with Crippen molar-refractivity contribution >= 4 is 21.8 Å². The van der Waals surface area contributed by atoms with Crippen molar-refractivity contribution in [2.75, 3.05) is 0 Å². The molecule has 2 bridgehead atoms. The number of nitrogens with zero attached hydrogens (tertiary/aromatic N) is 1. The molecule has 0 aliphatic heterocycles. The number of hydrogen-bond acceptors (Lipinski definition) is 0. The van der Waals surface area contributed by atoms with E-state index in [-0.39, 0.29) is 0 Å². The Kier molecular flexibility index (Phi) is 2.93. The normalized spacial score (nSPS) is 15.2. The van der Waals surface area contributed by atoms with Gasteiger partial charge in [0, 0.05) is 22.4 Å². The minimum absolute atomic E-state index is 0.372. The molecule has 1 heterocycles. The Balaban J connectivity index is 1.90. The van der Waals surface area contributed by atoms with Crippen LogP contribution in [0.1, 0.15) is 24.0 Å². The third-order valence-electron chi connectivity index (χ3n) is 6.03. The Hall–Kier alpha value is -3.32. The minimum atomic E-state index is 0.372. The summed E-state index contributed by atoms with van der Waals surface area (Å²) in [5.41, 5.74) is 9.22. The first kappa shape index (κ1) is 14.8. The van der Waals surface area contributed by atoms with E-state index in [1.165, 1.54) is 49.7 Å². The molecule has 6 rings (SSSR count). The summed E-state index contributed by atoms with van der Waals surface area (Å²) in [6.07, 6.45) is 0. The van der Waals surface area contributed by atoms with E-state index in [1.54, 1.807) is 0 Å². The Labute approximate surface area is 158 Å². The fourth-order valence-electron chi connectivity index (χ4n) is 4.75. The number of benzene rings is 4. The number of fused-ring (bicyclic) bond motifs is 3. The molecule has 0 spiro atoms. The third-order valence-corrected chi connectivity index (χ3v) is 6.03. The summed E-state index contributed by atoms with van der Waals surface area (Å²) in [5, 5.41) is 2.77. The lowest BCUT2D eigenvalue weighted by Gasteiger charge is -2.19. The second kappa shape index (κ2) is 5.34. The zero-order valence-electron chi connectivity index (χ0n) is 15.2. The van der Waals surface area contributed by atoms with Crippen LogP contribution in [-0.4, -0.2) is 4.57 Å². The molecule has 1 heteroatoms. The van der Waals surface area contributed by atoms with Crippen LogP contribution >= 0.6 is 0 Å². The summed E-state index contributed by atoms with van der Waals surface area (Å²) >= 11 is 0. The first-order valence-corrected chi connectivity index (χ1v) is 9.55. The van der Waals surface area contributed by atoms with E-state index in [2.05, 4.69) is 102 Å². The molecule has 27 heavy (non-hydrogen) atoms. The highest BCUT2D eigenvalue weighted by Gasteiger charge is 2.23. The van der Waals surface area contributed by atoms with Crippen molar-refractivity contribution in [1.29, 1.82) is 0 Å². The average molecular weight is 345 g/mol. The lowest BCUT2D eigenvalue weighted by molar-refractivity contribution is 0.933. The molecule has 4 aromatic carbocycles. The highest BCUT2D eigenvalue weighted by molar-refractivity contribution is 6.17. The predicted molar refractivity (Wildman–Crippen MR) is 114 cm³/mol. The van der Waals surface area contributed by atoms with Gasteiger partial charge in [0.05, 0.1) is 11.0 Å². The molecule has 1 unspecified atom stereocenters. The van der Waals surface area contributed by atoms with Gasteiger partial charge in [-0.15, -0.1) is 0 Å². The third kappa shape index (κ3) is 1.94. The zero-order chi connectivity index (χ0) is 18.0. The van der Waals surface area contributed by atoms with Crippen molar-refractivity contribution in [3.05, 3.63) is 102 Å². The van der Waals surface area contributed by atoms with Crippen LogP contribution in [0, 0.1) is 0 Å². The number of rotatable bonds is 1. The van der Waals surface area contributed by atoms with Crippen molar-refractivity contribution in [3.8, 4) is 16.8 Å². The molecular weight excluding hydrogens is 326 g/mol. The maximum atomic E-state index is 2.42. The second-order valence-electron chi connectivity index (χ2n) is 7.46. The SMILES string of the molecule is CC1c2cccc(c2)-c2cccc3c2c2c1cccc2n3-c1ccccc1. The van der Waals surface area contributed by atoms with Gasteiger partial charge >= 0.3 is 0 Å². The Morgan fingerprint density at radius 2 is 1.41 bits per heavy atom. The van der Waals surface area contributed by atoms with Gasteiger partial charge in [-0.3, -0.25) is 0 Å². The average Bonchev–Trinajstić information content (AvgIpc) is 3.08. The van der Waals surface area contributed by atoms with Crippen molar-refractivity contribution in [1.82, 2.24) is 4.57 Å². The highest BCUT2D eigenvalue weighted by Crippen LogP contribution is 2.44. The van der Waals surface area contributed by atoms with Gasteiger partial charge in [0.15, 0.2) is 0 Å². The van der Waals surface area contributed by atoms with E-state index in [1.807, 2.05) is 0 Å².